The predicted molar refractivity (Wildman–Crippen MR) is 71.3 cm³/mol. The molecule has 6 nitrogen and oxygen atoms in total. The molecule has 2 N–H and O–H groups in total. The molecule has 1 aliphatic carbocycles. The topological polar surface area (TPSA) is 92.4 Å². The molecule has 0 aliphatic heterocycles. The van der Waals surface area contributed by atoms with Crippen molar-refractivity contribution in [1.29, 1.82) is 0 Å². The molecule has 0 spiro atoms. The summed E-state index contributed by atoms with van der Waals surface area (Å²) in [5.74, 6) is -0.907. The van der Waals surface area contributed by atoms with E-state index in [0.29, 0.717) is 18.6 Å². The Kier molecular flexibility index (Phi) is 4.11. The van der Waals surface area contributed by atoms with Crippen LogP contribution in [0.5, 0.6) is 0 Å². The van der Waals surface area contributed by atoms with Gasteiger partial charge in [0.15, 0.2) is 0 Å². The van der Waals surface area contributed by atoms with E-state index in [0.717, 1.165) is 17.7 Å². The molecule has 1 saturated carbocycles. The minimum atomic E-state index is -0.777. The number of carbonyl (C=O) groups excluding carboxylic acids is 1. The van der Waals surface area contributed by atoms with Crippen LogP contribution in [0.4, 0.5) is 0 Å². The van der Waals surface area contributed by atoms with Crippen LogP contribution in [0.25, 0.3) is 0 Å². The number of aliphatic carboxylic acids is 1. The van der Waals surface area contributed by atoms with E-state index < -0.39 is 5.97 Å². The van der Waals surface area contributed by atoms with Crippen molar-refractivity contribution >= 4 is 11.9 Å². The summed E-state index contributed by atoms with van der Waals surface area (Å²) >= 11 is 0. The molecule has 110 valence electrons. The Hall–Kier alpha value is -1.85. The van der Waals surface area contributed by atoms with Crippen LogP contribution in [0, 0.1) is 19.8 Å². The van der Waals surface area contributed by atoms with Crippen LogP contribution in [-0.4, -0.2) is 28.2 Å². The summed E-state index contributed by atoms with van der Waals surface area (Å²) in [6, 6.07) is -0.0495. The van der Waals surface area contributed by atoms with Gasteiger partial charge >= 0.3 is 5.97 Å². The third-order valence-electron chi connectivity index (χ3n) is 4.04. The van der Waals surface area contributed by atoms with Crippen LogP contribution in [0.1, 0.15) is 49.1 Å². The summed E-state index contributed by atoms with van der Waals surface area (Å²) in [4.78, 5) is 23.2. The highest BCUT2D eigenvalue weighted by molar-refractivity contribution is 5.84. The fourth-order valence-corrected chi connectivity index (χ4v) is 2.90. The predicted octanol–water partition coefficient (Wildman–Crippen LogP) is 1.76. The summed E-state index contributed by atoms with van der Waals surface area (Å²) in [5.41, 5.74) is 1.54. The van der Waals surface area contributed by atoms with Gasteiger partial charge in [-0.05, 0) is 40.0 Å². The second kappa shape index (κ2) is 5.64. The quantitative estimate of drug-likeness (QED) is 0.876. The van der Waals surface area contributed by atoms with E-state index >= 15 is 0 Å². The van der Waals surface area contributed by atoms with E-state index in [9.17, 15) is 9.59 Å². The van der Waals surface area contributed by atoms with E-state index in [1.165, 1.54) is 0 Å². The highest BCUT2D eigenvalue weighted by Gasteiger charge is 2.32. The average molecular weight is 280 g/mol. The van der Waals surface area contributed by atoms with Crippen molar-refractivity contribution in [2.45, 2.75) is 52.0 Å². The number of nitrogens with zero attached hydrogens (tertiary/aromatic N) is 1. The summed E-state index contributed by atoms with van der Waals surface area (Å²) in [7, 11) is 0. The van der Waals surface area contributed by atoms with Gasteiger partial charge in [-0.1, -0.05) is 5.16 Å². The van der Waals surface area contributed by atoms with Gasteiger partial charge in [0.25, 0.3) is 0 Å². The lowest BCUT2D eigenvalue weighted by atomic mass is 9.98. The molecular weight excluding hydrogens is 260 g/mol. The van der Waals surface area contributed by atoms with Crippen LogP contribution >= 0.6 is 0 Å². The number of rotatable bonds is 4. The molecular formula is C14H20N2O4. The SMILES string of the molecule is Cc1noc(C)c1[C@H](C)C(=O)N[C@@H]1CC[C@H](C(=O)O)C1. The summed E-state index contributed by atoms with van der Waals surface area (Å²) in [6.07, 6.45) is 1.85. The first-order valence-corrected chi connectivity index (χ1v) is 6.86. The molecule has 0 radical (unpaired) electrons. The van der Waals surface area contributed by atoms with Gasteiger partial charge in [-0.15, -0.1) is 0 Å². The van der Waals surface area contributed by atoms with E-state index in [4.69, 9.17) is 9.63 Å². The van der Waals surface area contributed by atoms with Crippen molar-refractivity contribution in [3.05, 3.63) is 17.0 Å². The molecule has 1 aromatic heterocycles. The Labute approximate surface area is 117 Å². The monoisotopic (exact) mass is 280 g/mol. The van der Waals surface area contributed by atoms with E-state index in [1.54, 1.807) is 6.92 Å². The standard InChI is InChI=1S/C14H20N2O4/c1-7(12-8(2)16-20-9(12)3)13(17)15-11-5-4-10(6-11)14(18)19/h7,10-11H,4-6H2,1-3H3,(H,15,17)(H,18,19)/t7-,10-,11+/m0/s1. The third kappa shape index (κ3) is 2.84. The molecule has 2 rings (SSSR count). The smallest absolute Gasteiger partial charge is 0.306 e. The molecule has 0 aromatic carbocycles. The van der Waals surface area contributed by atoms with Crippen molar-refractivity contribution in [2.24, 2.45) is 5.92 Å². The normalized spacial score (nSPS) is 23.6. The molecule has 0 saturated heterocycles. The van der Waals surface area contributed by atoms with Crippen molar-refractivity contribution in [2.75, 3.05) is 0 Å². The number of carboxylic acids is 1. The number of carboxylic acid groups (broad SMARTS) is 1. The molecule has 1 aromatic rings. The minimum absolute atomic E-state index is 0.0495. The van der Waals surface area contributed by atoms with Crippen LogP contribution in [0.2, 0.25) is 0 Å². The number of hydrogen-bond acceptors (Lipinski definition) is 4. The van der Waals surface area contributed by atoms with Crippen LogP contribution in [-0.2, 0) is 9.59 Å². The number of aryl methyl sites for hydroxylation is 2. The molecule has 20 heavy (non-hydrogen) atoms. The maximum atomic E-state index is 12.3. The molecule has 0 unspecified atom stereocenters. The summed E-state index contributed by atoms with van der Waals surface area (Å²) < 4.78 is 5.08. The molecule has 1 amide bonds. The van der Waals surface area contributed by atoms with Crippen LogP contribution in [0.3, 0.4) is 0 Å². The van der Waals surface area contributed by atoms with Gasteiger partial charge in [-0.25, -0.2) is 0 Å². The zero-order valence-corrected chi connectivity index (χ0v) is 12.0. The van der Waals surface area contributed by atoms with E-state index in [2.05, 4.69) is 10.5 Å². The number of hydrogen-bond donors (Lipinski definition) is 2. The molecule has 6 heteroatoms. The Morgan fingerprint density at radius 2 is 2.10 bits per heavy atom. The number of aromatic nitrogens is 1. The lowest BCUT2D eigenvalue weighted by Gasteiger charge is -2.16. The molecule has 1 fully saturated rings. The van der Waals surface area contributed by atoms with Gasteiger partial charge in [0.05, 0.1) is 17.5 Å². The van der Waals surface area contributed by atoms with Crippen molar-refractivity contribution in [1.82, 2.24) is 10.5 Å². The average Bonchev–Trinajstić information content (AvgIpc) is 2.96. The van der Waals surface area contributed by atoms with E-state index in [-0.39, 0.29) is 23.8 Å². The molecule has 3 atom stereocenters. The Morgan fingerprint density at radius 1 is 1.40 bits per heavy atom. The fraction of sp³-hybridized carbons (Fsp3) is 0.643. The van der Waals surface area contributed by atoms with Gasteiger partial charge in [0.2, 0.25) is 5.91 Å². The largest absolute Gasteiger partial charge is 0.481 e. The van der Waals surface area contributed by atoms with Gasteiger partial charge in [-0.3, -0.25) is 9.59 Å². The zero-order valence-electron chi connectivity index (χ0n) is 12.0. The van der Waals surface area contributed by atoms with Crippen LogP contribution < -0.4 is 5.32 Å². The number of nitrogens with one attached hydrogen (secondary N) is 1. The van der Waals surface area contributed by atoms with Crippen LogP contribution in [0.15, 0.2) is 4.52 Å². The first-order valence-electron chi connectivity index (χ1n) is 6.86. The molecule has 0 bridgehead atoms. The first kappa shape index (κ1) is 14.6. The van der Waals surface area contributed by atoms with Gasteiger partial charge < -0.3 is 14.9 Å². The Balaban J connectivity index is 1.97. The number of carbonyl (C=O) groups is 2. The lowest BCUT2D eigenvalue weighted by Crippen LogP contribution is -2.36. The fourth-order valence-electron chi connectivity index (χ4n) is 2.90. The second-order valence-electron chi connectivity index (χ2n) is 5.51. The highest BCUT2D eigenvalue weighted by Crippen LogP contribution is 2.28. The van der Waals surface area contributed by atoms with Gasteiger partial charge in [0.1, 0.15) is 5.76 Å². The maximum Gasteiger partial charge on any atom is 0.306 e. The second-order valence-corrected chi connectivity index (χ2v) is 5.51. The zero-order chi connectivity index (χ0) is 14.9. The first-order chi connectivity index (χ1) is 9.40. The lowest BCUT2D eigenvalue weighted by molar-refractivity contribution is -0.141. The van der Waals surface area contributed by atoms with Crippen molar-refractivity contribution in [3.8, 4) is 0 Å². The van der Waals surface area contributed by atoms with Crippen molar-refractivity contribution < 1.29 is 19.2 Å². The number of amides is 1. The Morgan fingerprint density at radius 3 is 2.60 bits per heavy atom. The summed E-state index contributed by atoms with van der Waals surface area (Å²) in [6.45, 7) is 5.41. The van der Waals surface area contributed by atoms with E-state index in [1.807, 2.05) is 13.8 Å². The molecule has 1 heterocycles. The maximum absolute atomic E-state index is 12.3. The van der Waals surface area contributed by atoms with Gasteiger partial charge in [0, 0.05) is 11.6 Å². The molecule has 1 aliphatic rings. The minimum Gasteiger partial charge on any atom is -0.481 e. The van der Waals surface area contributed by atoms with Crippen molar-refractivity contribution in [3.63, 3.8) is 0 Å². The summed E-state index contributed by atoms with van der Waals surface area (Å²) in [5, 5.41) is 15.8. The Bertz CT molecular complexity index is 504. The third-order valence-corrected chi connectivity index (χ3v) is 4.04. The van der Waals surface area contributed by atoms with Gasteiger partial charge in [-0.2, -0.15) is 0 Å². The highest BCUT2D eigenvalue weighted by atomic mass is 16.5.